The van der Waals surface area contributed by atoms with E-state index < -0.39 is 11.8 Å². The molecule has 6 heteroatoms. The lowest BCUT2D eigenvalue weighted by Crippen LogP contribution is -2.18. The maximum Gasteiger partial charge on any atom is 0.346 e. The second-order valence-corrected chi connectivity index (χ2v) is 7.41. The molecule has 0 saturated heterocycles. The molecule has 2 aliphatic rings. The third kappa shape index (κ3) is 3.56. The highest BCUT2D eigenvalue weighted by Gasteiger charge is 2.29. The van der Waals surface area contributed by atoms with E-state index in [1.807, 2.05) is 37.3 Å². The van der Waals surface area contributed by atoms with Crippen LogP contribution < -0.4 is 14.2 Å². The summed E-state index contributed by atoms with van der Waals surface area (Å²) in [6, 6.07) is 17.6. The van der Waals surface area contributed by atoms with Crippen LogP contribution in [0.3, 0.4) is 0 Å². The summed E-state index contributed by atoms with van der Waals surface area (Å²) in [5, 5.41) is 0. The minimum Gasteiger partial charge on any atom is -0.485 e. The van der Waals surface area contributed by atoms with Gasteiger partial charge in [0.1, 0.15) is 29.2 Å². The molecule has 158 valence electrons. The summed E-state index contributed by atoms with van der Waals surface area (Å²) in [5.41, 5.74) is 1.89. The van der Waals surface area contributed by atoms with E-state index in [2.05, 4.69) is 0 Å². The monoisotopic (exact) mass is 428 g/mol. The summed E-state index contributed by atoms with van der Waals surface area (Å²) < 4.78 is 30.8. The Morgan fingerprint density at radius 3 is 2.66 bits per heavy atom. The van der Waals surface area contributed by atoms with Gasteiger partial charge in [0, 0.05) is 11.6 Å². The number of halogens is 1. The first-order valence-electron chi connectivity index (χ1n) is 10.0. The Morgan fingerprint density at radius 2 is 1.81 bits per heavy atom. The van der Waals surface area contributed by atoms with Crippen molar-refractivity contribution in [2.75, 3.05) is 0 Å². The summed E-state index contributed by atoms with van der Waals surface area (Å²) in [6.45, 7) is 1.89. The Labute approximate surface area is 183 Å². The molecule has 5 nitrogen and oxygen atoms in total. The quantitative estimate of drug-likeness (QED) is 0.319. The molecule has 0 amide bonds. The van der Waals surface area contributed by atoms with Crippen LogP contribution in [0.25, 0.3) is 6.08 Å². The van der Waals surface area contributed by atoms with Crippen molar-refractivity contribution in [3.8, 4) is 17.2 Å². The fraction of sp³-hybridized carbons (Fsp3) is 0.0769. The molecule has 2 heterocycles. The van der Waals surface area contributed by atoms with Crippen molar-refractivity contribution < 1.29 is 28.2 Å². The average molecular weight is 428 g/mol. The minimum atomic E-state index is -0.833. The van der Waals surface area contributed by atoms with Gasteiger partial charge in [-0.15, -0.1) is 0 Å². The van der Waals surface area contributed by atoms with E-state index in [4.69, 9.17) is 14.2 Å². The average Bonchev–Trinajstić information content (AvgIpc) is 3.09. The largest absolute Gasteiger partial charge is 0.485 e. The van der Waals surface area contributed by atoms with E-state index in [1.54, 1.807) is 12.1 Å². The van der Waals surface area contributed by atoms with Gasteiger partial charge in [-0.25, -0.2) is 9.18 Å². The van der Waals surface area contributed by atoms with Crippen LogP contribution in [-0.2, 0) is 0 Å². The van der Waals surface area contributed by atoms with E-state index in [1.165, 1.54) is 36.4 Å². The molecule has 0 fully saturated rings. The van der Waals surface area contributed by atoms with Gasteiger partial charge in [-0.1, -0.05) is 30.3 Å². The summed E-state index contributed by atoms with van der Waals surface area (Å²) >= 11 is 0. The standard InChI is InChI=1S/C26H17FO5/c1-15-17(12-16-6-2-5-9-22(16)30-15)13-24-25(28)20-11-10-18(14-23(20)32-24)31-26(29)19-7-3-4-8-21(19)27/h2-15H,1H3/b24-13-/t15-/m1/s1. The highest BCUT2D eigenvalue weighted by molar-refractivity contribution is 6.12. The van der Waals surface area contributed by atoms with Gasteiger partial charge in [0.15, 0.2) is 5.76 Å². The number of Topliss-reactive ketones (excluding diaryl/α,β-unsaturated/α-hetero) is 1. The molecule has 0 aliphatic carbocycles. The molecule has 0 saturated carbocycles. The van der Waals surface area contributed by atoms with Gasteiger partial charge in [0.2, 0.25) is 5.78 Å². The van der Waals surface area contributed by atoms with Crippen molar-refractivity contribution in [3.05, 3.63) is 107 Å². The Hall–Kier alpha value is -4.19. The first-order valence-corrected chi connectivity index (χ1v) is 10.0. The van der Waals surface area contributed by atoms with E-state index in [9.17, 15) is 14.0 Å². The minimum absolute atomic E-state index is 0.147. The van der Waals surface area contributed by atoms with Crippen LogP contribution in [0.15, 0.2) is 84.1 Å². The van der Waals surface area contributed by atoms with Gasteiger partial charge in [0.05, 0.1) is 11.1 Å². The number of ether oxygens (including phenoxy) is 3. The van der Waals surface area contributed by atoms with Crippen LogP contribution in [0.1, 0.15) is 33.2 Å². The lowest BCUT2D eigenvalue weighted by Gasteiger charge is -2.22. The van der Waals surface area contributed by atoms with E-state index >= 15 is 0 Å². The third-order valence-corrected chi connectivity index (χ3v) is 5.26. The molecule has 0 bridgehead atoms. The smallest absolute Gasteiger partial charge is 0.346 e. The van der Waals surface area contributed by atoms with Gasteiger partial charge in [-0.2, -0.15) is 0 Å². The number of fused-ring (bicyclic) bond motifs is 2. The summed E-state index contributed by atoms with van der Waals surface area (Å²) in [7, 11) is 0. The second-order valence-electron chi connectivity index (χ2n) is 7.41. The number of benzene rings is 3. The Bertz CT molecular complexity index is 1320. The first-order chi connectivity index (χ1) is 15.5. The molecule has 0 radical (unpaired) electrons. The Balaban J connectivity index is 1.39. The molecule has 0 unspecified atom stereocenters. The number of hydrogen-bond donors (Lipinski definition) is 0. The topological polar surface area (TPSA) is 61.8 Å². The van der Waals surface area contributed by atoms with Crippen molar-refractivity contribution in [1.29, 1.82) is 0 Å². The zero-order valence-corrected chi connectivity index (χ0v) is 17.0. The molecular formula is C26H17FO5. The summed E-state index contributed by atoms with van der Waals surface area (Å²) in [5.74, 6) is -0.434. The maximum absolute atomic E-state index is 13.8. The fourth-order valence-electron chi connectivity index (χ4n) is 3.59. The predicted molar refractivity (Wildman–Crippen MR) is 115 cm³/mol. The number of carbonyl (C=O) groups is 2. The van der Waals surface area contributed by atoms with Crippen molar-refractivity contribution >= 4 is 17.8 Å². The van der Waals surface area contributed by atoms with Gasteiger partial charge < -0.3 is 14.2 Å². The third-order valence-electron chi connectivity index (χ3n) is 5.26. The molecule has 0 spiro atoms. The van der Waals surface area contributed by atoms with Gasteiger partial charge in [-0.3, -0.25) is 4.79 Å². The van der Waals surface area contributed by atoms with Crippen LogP contribution in [0, 0.1) is 5.82 Å². The molecule has 0 aromatic heterocycles. The van der Waals surface area contributed by atoms with Crippen molar-refractivity contribution in [2.24, 2.45) is 0 Å². The lowest BCUT2D eigenvalue weighted by molar-refractivity contribution is 0.0729. The van der Waals surface area contributed by atoms with Crippen molar-refractivity contribution in [3.63, 3.8) is 0 Å². The molecule has 2 aliphatic heterocycles. The van der Waals surface area contributed by atoms with Crippen LogP contribution >= 0.6 is 0 Å². The lowest BCUT2D eigenvalue weighted by atomic mass is 10.0. The van der Waals surface area contributed by atoms with E-state index in [-0.39, 0.29) is 34.7 Å². The predicted octanol–water partition coefficient (Wildman–Crippen LogP) is 5.37. The number of rotatable bonds is 3. The van der Waals surface area contributed by atoms with Crippen LogP contribution in [0.2, 0.25) is 0 Å². The zero-order valence-electron chi connectivity index (χ0n) is 17.0. The van der Waals surface area contributed by atoms with Crippen molar-refractivity contribution in [1.82, 2.24) is 0 Å². The molecule has 0 N–H and O–H groups in total. The molecule has 1 atom stereocenters. The number of esters is 1. The van der Waals surface area contributed by atoms with Crippen LogP contribution in [0.5, 0.6) is 17.2 Å². The molecular weight excluding hydrogens is 411 g/mol. The number of hydrogen-bond acceptors (Lipinski definition) is 5. The van der Waals surface area contributed by atoms with Gasteiger partial charge >= 0.3 is 5.97 Å². The SMILES string of the molecule is C[C@H]1Oc2ccccc2C=C1/C=C1\Oc2cc(OC(=O)c3ccccc3F)ccc2C1=O. The van der Waals surface area contributed by atoms with Crippen LogP contribution in [0.4, 0.5) is 4.39 Å². The molecule has 3 aromatic carbocycles. The summed E-state index contributed by atoms with van der Waals surface area (Å²) in [6.07, 6.45) is 3.36. The maximum atomic E-state index is 13.8. The fourth-order valence-corrected chi connectivity index (χ4v) is 3.59. The zero-order chi connectivity index (χ0) is 22.2. The summed E-state index contributed by atoms with van der Waals surface area (Å²) in [4.78, 5) is 25.1. The van der Waals surface area contributed by atoms with Gasteiger partial charge in [0.25, 0.3) is 0 Å². The Morgan fingerprint density at radius 1 is 1.03 bits per heavy atom. The normalized spacial score (nSPS) is 17.7. The Kier molecular flexibility index (Phi) is 4.82. The molecule has 5 rings (SSSR count). The first kappa shape index (κ1) is 19.8. The van der Waals surface area contributed by atoms with Gasteiger partial charge in [-0.05, 0) is 55.0 Å². The number of para-hydroxylation sites is 1. The molecule has 3 aromatic rings. The molecule has 32 heavy (non-hydrogen) atoms. The van der Waals surface area contributed by atoms with Crippen LogP contribution in [-0.4, -0.2) is 17.9 Å². The van der Waals surface area contributed by atoms with E-state index in [0.717, 1.165) is 16.9 Å². The van der Waals surface area contributed by atoms with E-state index in [0.29, 0.717) is 5.56 Å². The highest BCUT2D eigenvalue weighted by Crippen LogP contribution is 2.36. The number of ketones is 1. The second kappa shape index (κ2) is 7.81. The number of allylic oxidation sites excluding steroid dienone is 1. The van der Waals surface area contributed by atoms with Crippen molar-refractivity contribution in [2.45, 2.75) is 13.0 Å². The number of carbonyl (C=O) groups excluding carboxylic acids is 2. The highest BCUT2D eigenvalue weighted by atomic mass is 19.1.